The highest BCUT2D eigenvalue weighted by atomic mass is 16.5. The summed E-state index contributed by atoms with van der Waals surface area (Å²) in [7, 11) is 0. The number of rotatable bonds is 24. The number of unbranched alkanes of at least 4 members (excludes halogenated alkanes) is 12. The Labute approximate surface area is 305 Å². The van der Waals surface area contributed by atoms with Gasteiger partial charge in [-0.25, -0.2) is 0 Å². The fourth-order valence-corrected chi connectivity index (χ4v) is 6.13. The van der Waals surface area contributed by atoms with Crippen LogP contribution in [0.15, 0.2) is 97.1 Å². The Morgan fingerprint density at radius 1 is 0.420 bits per heavy atom. The molecule has 0 aliphatic rings. The minimum Gasteiger partial charge on any atom is -0.494 e. The summed E-state index contributed by atoms with van der Waals surface area (Å²) in [6.07, 6.45) is 21.3. The fourth-order valence-electron chi connectivity index (χ4n) is 6.13. The van der Waals surface area contributed by atoms with Gasteiger partial charge in [-0.05, 0) is 93.1 Å². The van der Waals surface area contributed by atoms with E-state index in [1.165, 1.54) is 107 Å². The third kappa shape index (κ3) is 17.1. The number of nitrogens with one attached hydrogen (secondary N) is 2. The van der Waals surface area contributed by atoms with Crippen LogP contribution in [0.1, 0.15) is 129 Å². The van der Waals surface area contributed by atoms with E-state index in [9.17, 15) is 0 Å². The first-order chi connectivity index (χ1) is 24.6. The maximum Gasteiger partial charge on any atom is 0.124 e. The molecule has 0 aromatic heterocycles. The van der Waals surface area contributed by atoms with E-state index in [1.54, 1.807) is 0 Å². The van der Waals surface area contributed by atoms with Crippen molar-refractivity contribution >= 4 is 22.7 Å². The lowest BCUT2D eigenvalue weighted by atomic mass is 10.0. The van der Waals surface area contributed by atoms with Crippen molar-refractivity contribution in [3.05, 3.63) is 108 Å². The third-order valence-electron chi connectivity index (χ3n) is 8.94. The van der Waals surface area contributed by atoms with Crippen molar-refractivity contribution in [1.29, 1.82) is 0 Å². The minimum absolute atomic E-state index is 0.691. The summed E-state index contributed by atoms with van der Waals surface area (Å²) < 4.78 is 11.4. The molecule has 0 saturated heterocycles. The first kappa shape index (κ1) is 40.5. The van der Waals surface area contributed by atoms with Crippen molar-refractivity contribution in [2.75, 3.05) is 23.8 Å². The van der Waals surface area contributed by atoms with Crippen molar-refractivity contribution in [2.24, 2.45) is 0 Å². The molecule has 4 heteroatoms. The molecule has 4 nitrogen and oxygen atoms in total. The van der Waals surface area contributed by atoms with Crippen molar-refractivity contribution in [1.82, 2.24) is 0 Å². The Balaban J connectivity index is 0.000000270. The SMILES string of the molecule is CCCCCCCCCc1ccc(Nc2cccc(OCC)c2)cc1.CCCCCCCCCc1ccc(Nc2ccccc2)cc1OCC. The summed E-state index contributed by atoms with van der Waals surface area (Å²) in [5.74, 6) is 1.93. The van der Waals surface area contributed by atoms with Crippen LogP contribution in [0.2, 0.25) is 0 Å². The lowest BCUT2D eigenvalue weighted by Crippen LogP contribution is -1.99. The zero-order valence-corrected chi connectivity index (χ0v) is 31.8. The number of hydrogen-bond donors (Lipinski definition) is 2. The number of para-hydroxylation sites is 1. The highest BCUT2D eigenvalue weighted by Crippen LogP contribution is 2.28. The molecular formula is C46H66N2O2. The molecule has 0 bridgehead atoms. The number of ether oxygens (including phenoxy) is 2. The summed E-state index contributed by atoms with van der Waals surface area (Å²) in [5.41, 5.74) is 7.13. The standard InChI is InChI=1S/2C23H33NO/c1-3-5-6-7-8-9-11-14-20-17-18-22(19-23(20)25-4-2)24-21-15-12-10-13-16-21;1-3-5-6-7-8-9-10-12-20-15-17-21(18-16-20)24-22-13-11-14-23(19-22)25-4-2/h10,12-13,15-19,24H,3-9,11,14H2,1-2H3;11,13-19,24H,3-10,12H2,1-2H3. The third-order valence-corrected chi connectivity index (χ3v) is 8.94. The molecule has 4 aromatic rings. The van der Waals surface area contributed by atoms with E-state index in [0.717, 1.165) is 40.7 Å². The molecule has 0 amide bonds. The van der Waals surface area contributed by atoms with Crippen molar-refractivity contribution in [2.45, 2.75) is 130 Å². The van der Waals surface area contributed by atoms with Gasteiger partial charge < -0.3 is 20.1 Å². The van der Waals surface area contributed by atoms with Crippen molar-refractivity contribution in [3.8, 4) is 11.5 Å². The normalized spacial score (nSPS) is 10.6. The molecule has 50 heavy (non-hydrogen) atoms. The second-order valence-corrected chi connectivity index (χ2v) is 13.3. The molecule has 0 spiro atoms. The molecule has 0 unspecified atom stereocenters. The number of aryl methyl sites for hydroxylation is 2. The Morgan fingerprint density at radius 2 is 0.940 bits per heavy atom. The molecule has 0 aliphatic carbocycles. The van der Waals surface area contributed by atoms with Crippen LogP contribution in [0.4, 0.5) is 22.7 Å². The van der Waals surface area contributed by atoms with Crippen LogP contribution in [0.25, 0.3) is 0 Å². The van der Waals surface area contributed by atoms with Gasteiger partial charge in [0.05, 0.1) is 13.2 Å². The van der Waals surface area contributed by atoms with Gasteiger partial charge >= 0.3 is 0 Å². The van der Waals surface area contributed by atoms with Gasteiger partial charge in [0.1, 0.15) is 11.5 Å². The maximum absolute atomic E-state index is 5.89. The molecule has 0 saturated carbocycles. The van der Waals surface area contributed by atoms with Gasteiger partial charge in [-0.3, -0.25) is 0 Å². The van der Waals surface area contributed by atoms with E-state index in [4.69, 9.17) is 9.47 Å². The topological polar surface area (TPSA) is 42.5 Å². The summed E-state index contributed by atoms with van der Waals surface area (Å²) in [4.78, 5) is 0. The van der Waals surface area contributed by atoms with Gasteiger partial charge in [-0.15, -0.1) is 0 Å². The second-order valence-electron chi connectivity index (χ2n) is 13.3. The van der Waals surface area contributed by atoms with Crippen LogP contribution in [-0.2, 0) is 12.8 Å². The van der Waals surface area contributed by atoms with E-state index in [2.05, 4.69) is 92.1 Å². The molecule has 4 rings (SSSR count). The molecule has 0 heterocycles. The molecular weight excluding hydrogens is 613 g/mol. The van der Waals surface area contributed by atoms with Crippen LogP contribution in [-0.4, -0.2) is 13.2 Å². The monoisotopic (exact) mass is 679 g/mol. The zero-order chi connectivity index (χ0) is 35.5. The smallest absolute Gasteiger partial charge is 0.124 e. The number of anilines is 4. The summed E-state index contributed by atoms with van der Waals surface area (Å²) in [6, 6.07) is 33.7. The van der Waals surface area contributed by atoms with Gasteiger partial charge in [0.15, 0.2) is 0 Å². The predicted octanol–water partition coefficient (Wildman–Crippen LogP) is 14.2. The van der Waals surface area contributed by atoms with Crippen LogP contribution >= 0.6 is 0 Å². The van der Waals surface area contributed by atoms with Gasteiger partial charge in [-0.1, -0.05) is 133 Å². The Kier molecular flexibility index (Phi) is 21.0. The van der Waals surface area contributed by atoms with Gasteiger partial charge in [-0.2, -0.15) is 0 Å². The van der Waals surface area contributed by atoms with Crippen LogP contribution < -0.4 is 20.1 Å². The summed E-state index contributed by atoms with van der Waals surface area (Å²) in [6.45, 7) is 9.99. The highest BCUT2D eigenvalue weighted by Gasteiger charge is 2.06. The van der Waals surface area contributed by atoms with Gasteiger partial charge in [0, 0.05) is 34.9 Å². The van der Waals surface area contributed by atoms with Crippen LogP contribution in [0.5, 0.6) is 11.5 Å². The molecule has 0 fully saturated rings. The maximum atomic E-state index is 5.89. The first-order valence-corrected chi connectivity index (χ1v) is 19.8. The van der Waals surface area contributed by atoms with E-state index < -0.39 is 0 Å². The summed E-state index contributed by atoms with van der Waals surface area (Å²) >= 11 is 0. The quantitative estimate of drug-likeness (QED) is 0.0724. The van der Waals surface area contributed by atoms with Gasteiger partial charge in [0.2, 0.25) is 0 Å². The average Bonchev–Trinajstić information content (AvgIpc) is 3.13. The summed E-state index contributed by atoms with van der Waals surface area (Å²) in [5, 5.41) is 6.89. The van der Waals surface area contributed by atoms with E-state index in [0.29, 0.717) is 13.2 Å². The van der Waals surface area contributed by atoms with E-state index in [-0.39, 0.29) is 0 Å². The van der Waals surface area contributed by atoms with Crippen LogP contribution in [0.3, 0.4) is 0 Å². The predicted molar refractivity (Wildman–Crippen MR) is 218 cm³/mol. The molecule has 4 aromatic carbocycles. The largest absolute Gasteiger partial charge is 0.494 e. The molecule has 0 radical (unpaired) electrons. The highest BCUT2D eigenvalue weighted by molar-refractivity contribution is 5.63. The minimum atomic E-state index is 0.691. The fraction of sp³-hybridized carbons (Fsp3) is 0.478. The Morgan fingerprint density at radius 3 is 1.56 bits per heavy atom. The molecule has 2 N–H and O–H groups in total. The van der Waals surface area contributed by atoms with Gasteiger partial charge in [0.25, 0.3) is 0 Å². The zero-order valence-electron chi connectivity index (χ0n) is 31.8. The molecule has 0 aliphatic heterocycles. The average molecular weight is 679 g/mol. The number of benzene rings is 4. The Hall–Kier alpha value is -3.92. The second kappa shape index (κ2) is 26.0. The number of hydrogen-bond acceptors (Lipinski definition) is 4. The lowest BCUT2D eigenvalue weighted by Gasteiger charge is -2.13. The first-order valence-electron chi connectivity index (χ1n) is 19.8. The molecule has 272 valence electrons. The lowest BCUT2D eigenvalue weighted by molar-refractivity contribution is 0.336. The van der Waals surface area contributed by atoms with Crippen molar-refractivity contribution < 1.29 is 9.47 Å². The van der Waals surface area contributed by atoms with Crippen molar-refractivity contribution in [3.63, 3.8) is 0 Å². The van der Waals surface area contributed by atoms with E-state index >= 15 is 0 Å². The Bertz CT molecular complexity index is 1400. The van der Waals surface area contributed by atoms with E-state index in [1.807, 2.05) is 43.3 Å². The molecule has 0 atom stereocenters. The van der Waals surface area contributed by atoms with Crippen LogP contribution in [0, 0.1) is 0 Å².